The highest BCUT2D eigenvalue weighted by Gasteiger charge is 2.11. The molecular weight excluding hydrogens is 248 g/mol. The maximum atomic E-state index is 10.7. The highest BCUT2D eigenvalue weighted by Crippen LogP contribution is 2.22. The zero-order chi connectivity index (χ0) is 14.1. The predicted octanol–water partition coefficient (Wildman–Crippen LogP) is 0.559. The maximum Gasteiger partial charge on any atom is 0.305 e. The molecule has 1 aromatic rings. The van der Waals surface area contributed by atoms with Crippen LogP contribution in [0.2, 0.25) is 0 Å². The number of benzene rings is 1. The van der Waals surface area contributed by atoms with Crippen molar-refractivity contribution >= 4 is 17.3 Å². The van der Waals surface area contributed by atoms with E-state index in [1.165, 1.54) is 0 Å². The summed E-state index contributed by atoms with van der Waals surface area (Å²) in [6.45, 7) is 1.56. The predicted molar refractivity (Wildman–Crippen MR) is 73.2 cm³/mol. The largest absolute Gasteiger partial charge is 0.481 e. The highest BCUT2D eigenvalue weighted by molar-refractivity contribution is 5.70. The van der Waals surface area contributed by atoms with Crippen LogP contribution in [0.3, 0.4) is 0 Å². The minimum atomic E-state index is -0.851. The van der Waals surface area contributed by atoms with Gasteiger partial charge in [0.1, 0.15) is 0 Å². The molecule has 1 rings (SSSR count). The number of carboxylic acids is 1. The fraction of sp³-hybridized carbons (Fsp3) is 0.462. The van der Waals surface area contributed by atoms with E-state index in [-0.39, 0.29) is 19.6 Å². The second kappa shape index (κ2) is 8.34. The van der Waals surface area contributed by atoms with Crippen molar-refractivity contribution in [3.05, 3.63) is 24.3 Å². The first-order valence-electron chi connectivity index (χ1n) is 6.15. The van der Waals surface area contributed by atoms with E-state index in [0.29, 0.717) is 25.4 Å². The molecule has 0 aliphatic heterocycles. The van der Waals surface area contributed by atoms with Crippen LogP contribution in [-0.4, -0.2) is 49.1 Å². The van der Waals surface area contributed by atoms with Crippen LogP contribution in [0.1, 0.15) is 6.42 Å². The van der Waals surface area contributed by atoms with Crippen molar-refractivity contribution in [3.8, 4) is 0 Å². The number of hydrogen-bond donors (Lipinski definition) is 3. The van der Waals surface area contributed by atoms with Crippen LogP contribution in [0.15, 0.2) is 24.3 Å². The van der Waals surface area contributed by atoms with Crippen molar-refractivity contribution in [3.63, 3.8) is 0 Å². The van der Waals surface area contributed by atoms with E-state index in [4.69, 9.17) is 20.7 Å². The Kier molecular flexibility index (Phi) is 6.70. The van der Waals surface area contributed by atoms with Gasteiger partial charge in [-0.2, -0.15) is 0 Å². The number of aliphatic carboxylic acids is 1. The normalized spacial score (nSPS) is 10.4. The molecule has 0 fully saturated rings. The molecule has 0 spiro atoms. The number of para-hydroxylation sites is 2. The number of rotatable bonds is 9. The summed E-state index contributed by atoms with van der Waals surface area (Å²) in [5.41, 5.74) is 7.30. The molecule has 0 amide bonds. The van der Waals surface area contributed by atoms with Crippen LogP contribution < -0.4 is 10.6 Å². The van der Waals surface area contributed by atoms with Crippen molar-refractivity contribution in [2.75, 3.05) is 43.5 Å². The summed E-state index contributed by atoms with van der Waals surface area (Å²) >= 11 is 0. The standard InChI is InChI=1S/C13H20N2O4/c14-11-3-1-2-4-12(11)15(6-5-13(17)18)7-9-19-10-8-16/h1-4,16H,5-10,14H2,(H,17,18). The van der Waals surface area contributed by atoms with Gasteiger partial charge in [0, 0.05) is 13.1 Å². The second-order valence-electron chi connectivity index (χ2n) is 4.03. The van der Waals surface area contributed by atoms with Crippen LogP contribution in [0.4, 0.5) is 11.4 Å². The Balaban J connectivity index is 2.63. The molecule has 4 N–H and O–H groups in total. The molecule has 1 aromatic carbocycles. The summed E-state index contributed by atoms with van der Waals surface area (Å²) < 4.78 is 5.20. The lowest BCUT2D eigenvalue weighted by Gasteiger charge is -2.25. The van der Waals surface area contributed by atoms with Gasteiger partial charge in [0.25, 0.3) is 0 Å². The quantitative estimate of drug-likeness (QED) is 0.447. The third kappa shape index (κ3) is 5.58. The van der Waals surface area contributed by atoms with Gasteiger partial charge in [-0.15, -0.1) is 0 Å². The number of aliphatic hydroxyl groups is 1. The minimum Gasteiger partial charge on any atom is -0.481 e. The van der Waals surface area contributed by atoms with Gasteiger partial charge in [0.05, 0.1) is 37.6 Å². The average molecular weight is 268 g/mol. The zero-order valence-corrected chi connectivity index (χ0v) is 10.8. The molecule has 0 saturated carbocycles. The third-order valence-corrected chi connectivity index (χ3v) is 2.61. The molecule has 0 aliphatic carbocycles. The summed E-state index contributed by atoms with van der Waals surface area (Å²) in [6.07, 6.45) is 0.0360. The van der Waals surface area contributed by atoms with E-state index >= 15 is 0 Å². The molecule has 0 aliphatic rings. The number of hydrogen-bond acceptors (Lipinski definition) is 5. The summed E-state index contributed by atoms with van der Waals surface area (Å²) in [4.78, 5) is 12.5. The SMILES string of the molecule is Nc1ccccc1N(CCOCCO)CCC(=O)O. The van der Waals surface area contributed by atoms with Gasteiger partial charge in [0.15, 0.2) is 0 Å². The van der Waals surface area contributed by atoms with Crippen LogP contribution >= 0.6 is 0 Å². The highest BCUT2D eigenvalue weighted by atomic mass is 16.5. The number of nitrogen functional groups attached to an aromatic ring is 1. The van der Waals surface area contributed by atoms with Crippen LogP contribution in [-0.2, 0) is 9.53 Å². The molecule has 0 saturated heterocycles. The van der Waals surface area contributed by atoms with Crippen LogP contribution in [0.5, 0.6) is 0 Å². The number of anilines is 2. The molecule has 0 unspecified atom stereocenters. The Morgan fingerprint density at radius 2 is 2.00 bits per heavy atom. The van der Waals surface area contributed by atoms with Crippen molar-refractivity contribution < 1.29 is 19.7 Å². The van der Waals surface area contributed by atoms with Crippen molar-refractivity contribution in [1.82, 2.24) is 0 Å². The average Bonchev–Trinajstić information content (AvgIpc) is 2.39. The summed E-state index contributed by atoms with van der Waals surface area (Å²) in [5.74, 6) is -0.851. The fourth-order valence-corrected chi connectivity index (χ4v) is 1.70. The van der Waals surface area contributed by atoms with Gasteiger partial charge in [-0.05, 0) is 12.1 Å². The zero-order valence-electron chi connectivity index (χ0n) is 10.8. The number of ether oxygens (including phenoxy) is 1. The molecule has 0 bridgehead atoms. The van der Waals surface area contributed by atoms with Gasteiger partial charge < -0.3 is 25.6 Å². The van der Waals surface area contributed by atoms with Crippen LogP contribution in [0.25, 0.3) is 0 Å². The van der Waals surface area contributed by atoms with Gasteiger partial charge in [-0.3, -0.25) is 4.79 Å². The Hall–Kier alpha value is -1.79. The first-order chi connectivity index (χ1) is 9.15. The number of carbonyl (C=O) groups is 1. The Morgan fingerprint density at radius 1 is 1.26 bits per heavy atom. The fourth-order valence-electron chi connectivity index (χ4n) is 1.70. The van der Waals surface area contributed by atoms with Crippen molar-refractivity contribution in [2.24, 2.45) is 0 Å². The molecule has 6 nitrogen and oxygen atoms in total. The van der Waals surface area contributed by atoms with E-state index in [1.807, 2.05) is 23.1 Å². The molecule has 19 heavy (non-hydrogen) atoms. The number of aliphatic hydroxyl groups excluding tert-OH is 1. The Morgan fingerprint density at radius 3 is 2.63 bits per heavy atom. The van der Waals surface area contributed by atoms with E-state index in [0.717, 1.165) is 5.69 Å². The van der Waals surface area contributed by atoms with Crippen molar-refractivity contribution in [2.45, 2.75) is 6.42 Å². The number of nitrogens with zero attached hydrogens (tertiary/aromatic N) is 1. The van der Waals surface area contributed by atoms with E-state index in [2.05, 4.69) is 0 Å². The molecule has 0 aromatic heterocycles. The smallest absolute Gasteiger partial charge is 0.305 e. The van der Waals surface area contributed by atoms with Crippen LogP contribution in [0, 0.1) is 0 Å². The van der Waals surface area contributed by atoms with Gasteiger partial charge in [-0.25, -0.2) is 0 Å². The van der Waals surface area contributed by atoms with Crippen molar-refractivity contribution in [1.29, 1.82) is 0 Å². The lowest BCUT2D eigenvalue weighted by Crippen LogP contribution is -2.30. The molecule has 0 heterocycles. The second-order valence-corrected chi connectivity index (χ2v) is 4.03. The first-order valence-corrected chi connectivity index (χ1v) is 6.15. The molecule has 0 atom stereocenters. The lowest BCUT2D eigenvalue weighted by molar-refractivity contribution is -0.136. The van der Waals surface area contributed by atoms with E-state index in [9.17, 15) is 4.79 Å². The summed E-state index contributed by atoms with van der Waals surface area (Å²) in [6, 6.07) is 7.31. The number of nitrogens with two attached hydrogens (primary N) is 1. The summed E-state index contributed by atoms with van der Waals surface area (Å²) in [7, 11) is 0. The summed E-state index contributed by atoms with van der Waals surface area (Å²) in [5, 5.41) is 17.4. The lowest BCUT2D eigenvalue weighted by atomic mass is 10.2. The van der Waals surface area contributed by atoms with Gasteiger partial charge in [0.2, 0.25) is 0 Å². The maximum absolute atomic E-state index is 10.7. The Bertz CT molecular complexity index is 398. The third-order valence-electron chi connectivity index (χ3n) is 2.61. The topological polar surface area (TPSA) is 96.0 Å². The molecule has 0 radical (unpaired) electrons. The first kappa shape index (κ1) is 15.3. The van der Waals surface area contributed by atoms with Gasteiger partial charge in [-0.1, -0.05) is 12.1 Å². The van der Waals surface area contributed by atoms with E-state index < -0.39 is 5.97 Å². The minimum absolute atomic E-state index is 0.0252. The molecular formula is C13H20N2O4. The number of carboxylic acid groups (broad SMARTS) is 1. The Labute approximate surface area is 112 Å². The monoisotopic (exact) mass is 268 g/mol. The van der Waals surface area contributed by atoms with Gasteiger partial charge >= 0.3 is 5.97 Å². The molecule has 6 heteroatoms. The molecule has 106 valence electrons. The van der Waals surface area contributed by atoms with E-state index in [1.54, 1.807) is 6.07 Å².